The molecule has 0 aromatic heterocycles. The fraction of sp³-hybridized carbons (Fsp3) is 0.125. The molecule has 2 nitrogen and oxygen atoms in total. The van der Waals surface area contributed by atoms with E-state index in [1.54, 1.807) is 0 Å². The summed E-state index contributed by atoms with van der Waals surface area (Å²) < 4.78 is 0. The molecule has 0 atom stereocenters. The van der Waals surface area contributed by atoms with Gasteiger partial charge in [-0.15, -0.1) is 0 Å². The van der Waals surface area contributed by atoms with Crippen molar-refractivity contribution >= 4 is 9.57 Å². The maximum atomic E-state index is 9.02. The Balaban J connectivity index is 0.000000187. The summed E-state index contributed by atoms with van der Waals surface area (Å²) in [6, 6.07) is 8.24. The Morgan fingerprint density at radius 3 is 1.73 bits per heavy atom. The Morgan fingerprint density at radius 2 is 1.64 bits per heavy atom. The summed E-state index contributed by atoms with van der Waals surface area (Å²) in [6.07, 6.45) is 0. The number of rotatable bonds is 0. The number of hydrogen-bond acceptors (Lipinski definition) is 2. The van der Waals surface area contributed by atoms with Crippen molar-refractivity contribution < 1.29 is 23.7 Å². The molecule has 0 amide bonds. The first-order valence-corrected chi connectivity index (χ1v) is 3.94. The van der Waals surface area contributed by atoms with Crippen LogP contribution in [0.1, 0.15) is 5.56 Å². The average Bonchev–Trinajstić information content (AvgIpc) is 2.43. The summed E-state index contributed by atoms with van der Waals surface area (Å²) in [5.74, 6) is 0. The average molecular weight is 191 g/mol. The van der Waals surface area contributed by atoms with Crippen molar-refractivity contribution in [2.45, 2.75) is 6.92 Å². The van der Waals surface area contributed by atoms with Gasteiger partial charge in [0.05, 0.1) is 0 Å². The Labute approximate surface area is 70.5 Å². The van der Waals surface area contributed by atoms with Crippen LogP contribution < -0.4 is 0 Å². The van der Waals surface area contributed by atoms with Crippen molar-refractivity contribution in [2.75, 3.05) is 0 Å². The summed E-state index contributed by atoms with van der Waals surface area (Å²) in [5.41, 5.74) is 1.34. The minimum absolute atomic E-state index is 0.222. The van der Waals surface area contributed by atoms with E-state index in [0.717, 1.165) is 0 Å². The van der Waals surface area contributed by atoms with E-state index in [1.807, 2.05) is 12.1 Å². The van der Waals surface area contributed by atoms with Crippen molar-refractivity contribution in [3.8, 4) is 0 Å². The van der Waals surface area contributed by atoms with Gasteiger partial charge in [-0.1, -0.05) is 6.92 Å². The third-order valence-corrected chi connectivity index (χ3v) is 1.13. The number of aryl methyl sites for hydroxylation is 1. The number of hydrogen-bond donors (Lipinski definition) is 0. The molecule has 0 saturated carbocycles. The summed E-state index contributed by atoms with van der Waals surface area (Å²) in [5, 5.41) is 0. The zero-order valence-electron chi connectivity index (χ0n) is 5.98. The predicted molar refractivity (Wildman–Crippen MR) is 38.2 cm³/mol. The zero-order chi connectivity index (χ0) is 8.53. The van der Waals surface area contributed by atoms with Crippen LogP contribution in [0.5, 0.6) is 0 Å². The second-order valence-corrected chi connectivity index (χ2v) is 2.42. The van der Waals surface area contributed by atoms with Crippen LogP contribution in [0.3, 0.4) is 0 Å². The molecule has 1 aromatic rings. The molecule has 0 unspecified atom stereocenters. The van der Waals surface area contributed by atoms with Crippen molar-refractivity contribution in [3.05, 3.63) is 29.8 Å². The normalized spacial score (nSPS) is 7.00. The minimum atomic E-state index is -0.222. The first-order chi connectivity index (χ1) is 5.31. The van der Waals surface area contributed by atoms with Gasteiger partial charge in [-0.25, -0.2) is 12.1 Å². The van der Waals surface area contributed by atoms with Gasteiger partial charge in [0.1, 0.15) is 0 Å². The van der Waals surface area contributed by atoms with Crippen molar-refractivity contribution in [1.82, 2.24) is 0 Å². The van der Waals surface area contributed by atoms with Gasteiger partial charge >= 0.3 is 33.2 Å². The third kappa shape index (κ3) is 6.92. The van der Waals surface area contributed by atoms with Crippen LogP contribution in [0.15, 0.2) is 24.3 Å². The fourth-order valence-corrected chi connectivity index (χ4v) is 0.531. The van der Waals surface area contributed by atoms with E-state index in [1.165, 1.54) is 15.1 Å². The van der Waals surface area contributed by atoms with Gasteiger partial charge < -0.3 is 0 Å². The van der Waals surface area contributed by atoms with Crippen LogP contribution in [0.25, 0.3) is 0 Å². The van der Waals surface area contributed by atoms with Gasteiger partial charge in [0.15, 0.2) is 0 Å². The molecule has 1 rings (SSSR count). The van der Waals surface area contributed by atoms with Crippen LogP contribution in [-0.2, 0) is 23.7 Å². The standard InChI is InChI=1S/C6H7.2CO.Fe/c1-6-4-2-3-5-6;2*1-2;/h2-5H,1H3;;;/q-1;;;. The molecule has 11 heavy (non-hydrogen) atoms. The second kappa shape index (κ2) is 7.14. The maximum absolute atomic E-state index is 9.02. The Kier molecular flexibility index (Phi) is 6.51. The first kappa shape index (κ1) is 10.0. The van der Waals surface area contributed by atoms with Crippen molar-refractivity contribution in [1.29, 1.82) is 0 Å². The molecule has 0 bridgehead atoms. The monoisotopic (exact) mass is 191 g/mol. The molecule has 0 fully saturated rings. The third-order valence-electron chi connectivity index (χ3n) is 0.902. The summed E-state index contributed by atoms with van der Waals surface area (Å²) in [6.45, 7) is 2.08. The van der Waals surface area contributed by atoms with Crippen LogP contribution in [0.2, 0.25) is 0 Å². The SMILES string of the molecule is C[c-]1cccc1.O=[C]=[Fe]=[C]=O. The Hall–Kier alpha value is -0.971. The molecule has 0 N–H and O–H groups in total. The van der Waals surface area contributed by atoms with E-state index >= 15 is 0 Å². The van der Waals surface area contributed by atoms with Crippen LogP contribution in [-0.4, -0.2) is 9.57 Å². The molecular weight excluding hydrogens is 184 g/mol. The van der Waals surface area contributed by atoms with Crippen LogP contribution >= 0.6 is 0 Å². The van der Waals surface area contributed by atoms with E-state index in [2.05, 4.69) is 19.1 Å². The molecule has 0 aliphatic carbocycles. The Bertz CT molecular complexity index is 272. The number of carbonyl (C=O) groups excluding carboxylic acids is 2. The van der Waals surface area contributed by atoms with Crippen LogP contribution in [0, 0.1) is 6.92 Å². The second-order valence-electron chi connectivity index (χ2n) is 1.69. The molecule has 0 radical (unpaired) electrons. The molecule has 0 spiro atoms. The molecule has 0 saturated heterocycles. The van der Waals surface area contributed by atoms with Gasteiger partial charge in [-0.2, -0.15) is 17.7 Å². The Morgan fingerprint density at radius 1 is 1.18 bits per heavy atom. The molecule has 0 aliphatic heterocycles. The molecule has 1 aromatic carbocycles. The summed E-state index contributed by atoms with van der Waals surface area (Å²) in [7, 11) is 0. The summed E-state index contributed by atoms with van der Waals surface area (Å²) >= 11 is -0.222. The van der Waals surface area contributed by atoms with Gasteiger partial charge in [0.2, 0.25) is 0 Å². The molecule has 0 heterocycles. The zero-order valence-corrected chi connectivity index (χ0v) is 7.08. The van der Waals surface area contributed by atoms with Crippen molar-refractivity contribution in [2.24, 2.45) is 0 Å². The van der Waals surface area contributed by atoms with Gasteiger partial charge in [-0.3, -0.25) is 0 Å². The first-order valence-electron chi connectivity index (χ1n) is 2.84. The van der Waals surface area contributed by atoms with Gasteiger partial charge in [-0.05, 0) is 0 Å². The van der Waals surface area contributed by atoms with Gasteiger partial charge in [0.25, 0.3) is 0 Å². The molecular formula is C8H7FeO2-. The van der Waals surface area contributed by atoms with E-state index < -0.39 is 0 Å². The van der Waals surface area contributed by atoms with E-state index in [4.69, 9.17) is 9.59 Å². The summed E-state index contributed by atoms with van der Waals surface area (Å²) in [4.78, 5) is 20.7. The van der Waals surface area contributed by atoms with Crippen molar-refractivity contribution in [3.63, 3.8) is 0 Å². The van der Waals surface area contributed by atoms with E-state index in [-0.39, 0.29) is 14.1 Å². The van der Waals surface area contributed by atoms with Gasteiger partial charge in [0, 0.05) is 0 Å². The molecule has 0 aliphatic rings. The molecule has 3 heteroatoms. The van der Waals surface area contributed by atoms with E-state index in [9.17, 15) is 0 Å². The fourth-order valence-electron chi connectivity index (χ4n) is 0.485. The molecule has 60 valence electrons. The topological polar surface area (TPSA) is 34.1 Å². The van der Waals surface area contributed by atoms with E-state index in [0.29, 0.717) is 0 Å². The van der Waals surface area contributed by atoms with Crippen LogP contribution in [0.4, 0.5) is 0 Å². The quantitative estimate of drug-likeness (QED) is 0.451. The predicted octanol–water partition coefficient (Wildman–Crippen LogP) is 0.917.